The van der Waals surface area contributed by atoms with Crippen molar-refractivity contribution in [3.8, 4) is 0 Å². The van der Waals surface area contributed by atoms with Crippen LogP contribution in [0.4, 0.5) is 0 Å². The summed E-state index contributed by atoms with van der Waals surface area (Å²) in [7, 11) is 0. The maximum absolute atomic E-state index is 8.89. The molecule has 0 fully saturated rings. The molecule has 0 aromatic carbocycles. The zero-order valence-electron chi connectivity index (χ0n) is 3.95. The summed E-state index contributed by atoms with van der Waals surface area (Å²) in [6.45, 7) is 0.972. The summed E-state index contributed by atoms with van der Waals surface area (Å²) in [5, 5.41) is 8.89. The highest BCUT2D eigenvalue weighted by Gasteiger charge is 1.46. The first-order valence-electron chi connectivity index (χ1n) is 1.41. The topological polar surface area (TPSA) is 103 Å². The molecule has 0 heterocycles. The van der Waals surface area contributed by atoms with Crippen LogP contribution in [0, 0.1) is 0 Å². The molecular weight excluding hydrogens is 136 g/mol. The highest BCUT2D eigenvalue weighted by atomic mass is 32.2. The summed E-state index contributed by atoms with van der Waals surface area (Å²) < 4.78 is 25.3. The fraction of sp³-hybridized carbons (Fsp3) is 0.500. The van der Waals surface area contributed by atoms with E-state index in [1.165, 1.54) is 0 Å². The number of carboxylic acid groups (broad SMARTS) is 1. The molecule has 6 heteroatoms. The lowest BCUT2D eigenvalue weighted by Gasteiger charge is -2.03. The predicted molar refractivity (Wildman–Crippen MR) is 20.4 cm³/mol. The largest absolute Gasteiger partial charge is 0.784 e. The lowest BCUT2D eigenvalue weighted by atomic mass is 10.9. The van der Waals surface area contributed by atoms with Crippen LogP contribution < -0.4 is 5.11 Å². The normalized spacial score (nSPS) is 7.50. The van der Waals surface area contributed by atoms with Crippen molar-refractivity contribution in [1.29, 1.82) is 0 Å². The quantitative estimate of drug-likeness (QED) is 0.353. The van der Waals surface area contributed by atoms with Crippen molar-refractivity contribution in [2.24, 2.45) is 0 Å². The summed E-state index contributed by atoms with van der Waals surface area (Å²) in [5.74, 6) is -1.08. The molecule has 0 aromatic heterocycles. The van der Waals surface area contributed by atoms with Crippen LogP contribution in [-0.4, -0.2) is 19.3 Å². The molecule has 0 N–H and O–H groups in total. The van der Waals surface area contributed by atoms with Gasteiger partial charge in [-0.1, -0.05) is 0 Å². The molecule has 0 atom stereocenters. The third kappa shape index (κ3) is 540. The SMILES string of the molecule is CC(=O)[O-].O=S([O-])[O-]. The first-order valence-corrected chi connectivity index (χ1v) is 2.41. The van der Waals surface area contributed by atoms with Gasteiger partial charge in [0.1, 0.15) is 0 Å². The van der Waals surface area contributed by atoms with Crippen molar-refractivity contribution in [2.75, 3.05) is 0 Å². The van der Waals surface area contributed by atoms with Gasteiger partial charge in [-0.3, -0.25) is 4.21 Å². The molecule has 0 saturated heterocycles. The number of carboxylic acids is 1. The second-order valence-corrected chi connectivity index (χ2v) is 1.10. The molecular formula is C2H3O5S-3. The van der Waals surface area contributed by atoms with Crippen LogP contribution in [0.15, 0.2) is 0 Å². The molecule has 0 saturated carbocycles. The monoisotopic (exact) mass is 139 g/mol. The fourth-order valence-corrected chi connectivity index (χ4v) is 0. The van der Waals surface area contributed by atoms with Crippen LogP contribution in [-0.2, 0) is 16.2 Å². The Kier molecular flexibility index (Phi) is 8.59. The van der Waals surface area contributed by atoms with Crippen molar-refractivity contribution in [3.63, 3.8) is 0 Å². The number of carbonyl (C=O) groups excluding carboxylic acids is 1. The Hall–Kier alpha value is -0.460. The van der Waals surface area contributed by atoms with E-state index in [1.54, 1.807) is 0 Å². The van der Waals surface area contributed by atoms with Crippen LogP contribution in [0.1, 0.15) is 6.92 Å². The zero-order valence-corrected chi connectivity index (χ0v) is 4.77. The molecule has 8 heavy (non-hydrogen) atoms. The van der Waals surface area contributed by atoms with Crippen LogP contribution in [0.5, 0.6) is 0 Å². The minimum atomic E-state index is -3.11. The van der Waals surface area contributed by atoms with E-state index >= 15 is 0 Å². The van der Waals surface area contributed by atoms with Crippen molar-refractivity contribution >= 4 is 17.3 Å². The van der Waals surface area contributed by atoms with Gasteiger partial charge in [0.05, 0.1) is 0 Å². The lowest BCUT2D eigenvalue weighted by molar-refractivity contribution is -0.302. The molecule has 0 rings (SSSR count). The van der Waals surface area contributed by atoms with Crippen LogP contribution in [0.25, 0.3) is 0 Å². The first-order chi connectivity index (χ1) is 3.46. The van der Waals surface area contributed by atoms with E-state index in [4.69, 9.17) is 23.2 Å². The molecule has 5 nitrogen and oxygen atoms in total. The maximum Gasteiger partial charge on any atom is 0.0383 e. The molecule has 0 spiro atoms. The van der Waals surface area contributed by atoms with Gasteiger partial charge in [-0.15, -0.1) is 11.4 Å². The zero-order chi connectivity index (χ0) is 7.15. The molecule has 0 aliphatic heterocycles. The molecule has 0 aliphatic carbocycles. The smallest absolute Gasteiger partial charge is 0.0383 e. The Morgan fingerprint density at radius 3 is 1.50 bits per heavy atom. The summed E-state index contributed by atoms with van der Waals surface area (Å²) >= 11 is -3.11. The predicted octanol–water partition coefficient (Wildman–Crippen LogP) is -2.25. The van der Waals surface area contributed by atoms with E-state index in [1.807, 2.05) is 0 Å². The lowest BCUT2D eigenvalue weighted by Crippen LogP contribution is -2.16. The molecule has 0 unspecified atom stereocenters. The van der Waals surface area contributed by atoms with E-state index in [2.05, 4.69) is 0 Å². The third-order valence-corrected chi connectivity index (χ3v) is 0. The van der Waals surface area contributed by atoms with Gasteiger partial charge in [-0.05, 0) is 6.92 Å². The first kappa shape index (κ1) is 10.5. The average molecular weight is 139 g/mol. The standard InChI is InChI=1S/C2H4O2.H2O3S/c1-2(3)4;1-4(2)3/h1H3,(H,3,4);(H2,1,2,3)/p-3. The Balaban J connectivity index is 0. The van der Waals surface area contributed by atoms with Gasteiger partial charge in [-0.2, -0.15) is 0 Å². The van der Waals surface area contributed by atoms with E-state index in [0.717, 1.165) is 6.92 Å². The van der Waals surface area contributed by atoms with Crippen molar-refractivity contribution < 1.29 is 23.2 Å². The third-order valence-electron chi connectivity index (χ3n) is 0. The molecule has 0 radical (unpaired) electrons. The van der Waals surface area contributed by atoms with Crippen molar-refractivity contribution in [2.45, 2.75) is 6.92 Å². The minimum Gasteiger partial charge on any atom is -0.784 e. The van der Waals surface area contributed by atoms with Gasteiger partial charge < -0.3 is 19.0 Å². The number of hydrogen-bond donors (Lipinski definition) is 0. The Morgan fingerprint density at radius 2 is 1.50 bits per heavy atom. The van der Waals surface area contributed by atoms with Crippen molar-refractivity contribution in [3.05, 3.63) is 0 Å². The second kappa shape index (κ2) is 6.54. The molecule has 50 valence electrons. The van der Waals surface area contributed by atoms with Gasteiger partial charge >= 0.3 is 0 Å². The summed E-state index contributed by atoms with van der Waals surface area (Å²) in [4.78, 5) is 8.89. The molecule has 0 bridgehead atoms. The Morgan fingerprint density at radius 1 is 1.50 bits per heavy atom. The Labute approximate surface area is 48.4 Å². The van der Waals surface area contributed by atoms with Crippen LogP contribution >= 0.6 is 0 Å². The molecule has 0 amide bonds. The average Bonchev–Trinajstić information content (AvgIpc) is 1.25. The highest BCUT2D eigenvalue weighted by Crippen LogP contribution is 1.42. The highest BCUT2D eigenvalue weighted by molar-refractivity contribution is 7.72. The van der Waals surface area contributed by atoms with Crippen LogP contribution in [0.2, 0.25) is 0 Å². The summed E-state index contributed by atoms with van der Waals surface area (Å²) in [5.41, 5.74) is 0. The van der Waals surface area contributed by atoms with Gasteiger partial charge in [-0.25, -0.2) is 0 Å². The minimum absolute atomic E-state index is 0.972. The molecule has 0 aliphatic rings. The van der Waals surface area contributed by atoms with Gasteiger partial charge in [0.15, 0.2) is 0 Å². The van der Waals surface area contributed by atoms with Crippen LogP contribution in [0.3, 0.4) is 0 Å². The second-order valence-electron chi connectivity index (χ2n) is 0.696. The number of aliphatic carboxylic acids is 1. The Bertz CT molecular complexity index is 68.4. The number of rotatable bonds is 0. The van der Waals surface area contributed by atoms with E-state index in [9.17, 15) is 0 Å². The van der Waals surface area contributed by atoms with Gasteiger partial charge in [0, 0.05) is 5.97 Å². The van der Waals surface area contributed by atoms with Gasteiger partial charge in [0.2, 0.25) is 0 Å². The van der Waals surface area contributed by atoms with E-state index in [-0.39, 0.29) is 0 Å². The number of hydrogen-bond acceptors (Lipinski definition) is 5. The maximum atomic E-state index is 8.89. The van der Waals surface area contributed by atoms with Gasteiger partial charge in [0.25, 0.3) is 0 Å². The fourth-order valence-electron chi connectivity index (χ4n) is 0. The summed E-state index contributed by atoms with van der Waals surface area (Å²) in [6.07, 6.45) is 0. The molecule has 0 aromatic rings. The van der Waals surface area contributed by atoms with E-state index < -0.39 is 17.3 Å². The van der Waals surface area contributed by atoms with E-state index in [0.29, 0.717) is 0 Å². The van der Waals surface area contributed by atoms with Crippen molar-refractivity contribution in [1.82, 2.24) is 0 Å². The number of carbonyl (C=O) groups is 1. The summed E-state index contributed by atoms with van der Waals surface area (Å²) in [6, 6.07) is 0.